The highest BCUT2D eigenvalue weighted by Crippen LogP contribution is 2.27. The van der Waals surface area contributed by atoms with Crippen molar-refractivity contribution in [1.82, 2.24) is 0 Å². The molecule has 0 aliphatic heterocycles. The second-order valence-corrected chi connectivity index (χ2v) is 6.89. The van der Waals surface area contributed by atoms with E-state index in [-0.39, 0.29) is 5.91 Å². The molecule has 0 fully saturated rings. The van der Waals surface area contributed by atoms with E-state index in [4.69, 9.17) is 11.6 Å². The van der Waals surface area contributed by atoms with Gasteiger partial charge >= 0.3 is 0 Å². The predicted octanol–water partition coefficient (Wildman–Crippen LogP) is 5.31. The van der Waals surface area contributed by atoms with Gasteiger partial charge in [-0.1, -0.05) is 30.7 Å². The van der Waals surface area contributed by atoms with Gasteiger partial charge in [0.25, 0.3) is 5.91 Å². The van der Waals surface area contributed by atoms with E-state index in [0.29, 0.717) is 10.6 Å². The molecule has 0 atom stereocenters. The van der Waals surface area contributed by atoms with Crippen molar-refractivity contribution < 1.29 is 4.79 Å². The summed E-state index contributed by atoms with van der Waals surface area (Å²) in [4.78, 5) is 13.3. The molecule has 0 spiro atoms. The Labute approximate surface area is 141 Å². The predicted molar refractivity (Wildman–Crippen MR) is 95.0 cm³/mol. The average molecular weight is 418 g/mol. The second kappa shape index (κ2) is 7.33. The van der Waals surface area contributed by atoms with Crippen LogP contribution < -0.4 is 5.32 Å². The molecule has 0 aliphatic rings. The Kier molecular flexibility index (Phi) is 5.74. The lowest BCUT2D eigenvalue weighted by molar-refractivity contribution is 0.102. The van der Waals surface area contributed by atoms with E-state index in [1.54, 1.807) is 23.9 Å². The normalized spacial score (nSPS) is 10.3. The molecule has 1 amide bonds. The number of para-hydroxylation sites is 1. The standard InChI is InChI=1S/C15H13ClINOS/c1-2-20-14-6-4-3-5-13(14)18-15(19)10-7-8-12(17)11(16)9-10/h3-9H,2H2,1H3,(H,18,19). The van der Waals surface area contributed by atoms with Gasteiger partial charge < -0.3 is 5.32 Å². The van der Waals surface area contributed by atoms with Gasteiger partial charge in [0, 0.05) is 14.0 Å². The summed E-state index contributed by atoms with van der Waals surface area (Å²) in [7, 11) is 0. The Morgan fingerprint density at radius 1 is 1.30 bits per heavy atom. The van der Waals surface area contributed by atoms with E-state index < -0.39 is 0 Å². The lowest BCUT2D eigenvalue weighted by atomic mass is 10.2. The number of benzene rings is 2. The largest absolute Gasteiger partial charge is 0.321 e. The quantitative estimate of drug-likeness (QED) is 0.539. The number of hydrogen-bond acceptors (Lipinski definition) is 2. The summed E-state index contributed by atoms with van der Waals surface area (Å²) in [6.45, 7) is 2.09. The van der Waals surface area contributed by atoms with Gasteiger partial charge in [-0.05, 0) is 58.7 Å². The number of nitrogens with one attached hydrogen (secondary N) is 1. The number of hydrogen-bond donors (Lipinski definition) is 1. The molecular weight excluding hydrogens is 405 g/mol. The highest BCUT2D eigenvalue weighted by atomic mass is 127. The molecule has 0 saturated heterocycles. The number of carbonyl (C=O) groups excluding carboxylic acids is 1. The maximum absolute atomic E-state index is 12.3. The molecule has 0 aromatic heterocycles. The number of rotatable bonds is 4. The maximum atomic E-state index is 12.3. The summed E-state index contributed by atoms with van der Waals surface area (Å²) < 4.78 is 0.933. The number of carbonyl (C=O) groups is 1. The van der Waals surface area contributed by atoms with Crippen LogP contribution in [-0.2, 0) is 0 Å². The Morgan fingerprint density at radius 3 is 2.75 bits per heavy atom. The summed E-state index contributed by atoms with van der Waals surface area (Å²) in [6.07, 6.45) is 0. The zero-order valence-corrected chi connectivity index (χ0v) is 14.6. The van der Waals surface area contributed by atoms with Crippen LogP contribution in [0.25, 0.3) is 0 Å². The van der Waals surface area contributed by atoms with Crippen LogP contribution >= 0.6 is 46.0 Å². The Morgan fingerprint density at radius 2 is 2.05 bits per heavy atom. The molecule has 0 aliphatic carbocycles. The SMILES string of the molecule is CCSc1ccccc1NC(=O)c1ccc(I)c(Cl)c1. The van der Waals surface area contributed by atoms with Crippen molar-refractivity contribution in [2.75, 3.05) is 11.1 Å². The van der Waals surface area contributed by atoms with Gasteiger partial charge in [-0.3, -0.25) is 4.79 Å². The van der Waals surface area contributed by atoms with Gasteiger partial charge in [-0.2, -0.15) is 0 Å². The van der Waals surface area contributed by atoms with E-state index in [2.05, 4.69) is 34.8 Å². The van der Waals surface area contributed by atoms with E-state index >= 15 is 0 Å². The van der Waals surface area contributed by atoms with E-state index in [1.807, 2.05) is 30.3 Å². The van der Waals surface area contributed by atoms with Crippen molar-refractivity contribution in [3.63, 3.8) is 0 Å². The minimum atomic E-state index is -0.146. The smallest absolute Gasteiger partial charge is 0.255 e. The summed E-state index contributed by atoms with van der Waals surface area (Å²) >= 11 is 9.89. The van der Waals surface area contributed by atoms with Crippen molar-refractivity contribution in [2.24, 2.45) is 0 Å². The molecule has 2 aromatic rings. The number of anilines is 1. The van der Waals surface area contributed by atoms with Gasteiger partial charge in [0.1, 0.15) is 0 Å². The summed E-state index contributed by atoms with van der Waals surface area (Å²) in [5.74, 6) is 0.815. The minimum Gasteiger partial charge on any atom is -0.321 e. The van der Waals surface area contributed by atoms with Crippen molar-refractivity contribution in [1.29, 1.82) is 0 Å². The average Bonchev–Trinajstić information content (AvgIpc) is 2.44. The van der Waals surface area contributed by atoms with Crippen molar-refractivity contribution in [3.8, 4) is 0 Å². The van der Waals surface area contributed by atoms with E-state index in [9.17, 15) is 4.79 Å². The molecule has 2 rings (SSSR count). The third-order valence-electron chi connectivity index (χ3n) is 2.62. The first-order valence-electron chi connectivity index (χ1n) is 6.10. The molecule has 0 heterocycles. The molecule has 104 valence electrons. The first-order valence-corrected chi connectivity index (χ1v) is 8.54. The molecule has 2 aromatic carbocycles. The fourth-order valence-electron chi connectivity index (χ4n) is 1.68. The number of halogens is 2. The Hall–Kier alpha value is -0.720. The van der Waals surface area contributed by atoms with Crippen LogP contribution in [0.2, 0.25) is 5.02 Å². The zero-order chi connectivity index (χ0) is 14.5. The third-order valence-corrected chi connectivity index (χ3v) is 5.14. The van der Waals surface area contributed by atoms with Gasteiger partial charge in [-0.15, -0.1) is 11.8 Å². The van der Waals surface area contributed by atoms with E-state index in [0.717, 1.165) is 19.9 Å². The molecule has 0 unspecified atom stereocenters. The van der Waals surface area contributed by atoms with Crippen molar-refractivity contribution in [3.05, 3.63) is 56.6 Å². The lowest BCUT2D eigenvalue weighted by Gasteiger charge is -2.10. The molecule has 2 nitrogen and oxygen atoms in total. The first-order chi connectivity index (χ1) is 9.61. The molecule has 0 radical (unpaired) electrons. The van der Waals surface area contributed by atoms with Crippen molar-refractivity contribution in [2.45, 2.75) is 11.8 Å². The maximum Gasteiger partial charge on any atom is 0.255 e. The fraction of sp³-hybridized carbons (Fsp3) is 0.133. The third kappa shape index (κ3) is 3.90. The first kappa shape index (κ1) is 15.7. The van der Waals surface area contributed by atoms with Gasteiger partial charge in [0.15, 0.2) is 0 Å². The van der Waals surface area contributed by atoms with Crippen LogP contribution in [0.15, 0.2) is 47.4 Å². The highest BCUT2D eigenvalue weighted by Gasteiger charge is 2.10. The van der Waals surface area contributed by atoms with Crippen LogP contribution in [-0.4, -0.2) is 11.7 Å². The molecule has 20 heavy (non-hydrogen) atoms. The van der Waals surface area contributed by atoms with Crippen molar-refractivity contribution >= 4 is 57.5 Å². The summed E-state index contributed by atoms with van der Waals surface area (Å²) in [5, 5.41) is 3.53. The number of amides is 1. The van der Waals surface area contributed by atoms with Crippen LogP contribution in [0.4, 0.5) is 5.69 Å². The fourth-order valence-corrected chi connectivity index (χ4v) is 2.96. The Balaban J connectivity index is 2.21. The molecule has 5 heteroatoms. The summed E-state index contributed by atoms with van der Waals surface area (Å²) in [5.41, 5.74) is 1.39. The molecular formula is C15H13ClINOS. The zero-order valence-electron chi connectivity index (χ0n) is 10.8. The summed E-state index contributed by atoms with van der Waals surface area (Å²) in [6, 6.07) is 13.1. The second-order valence-electron chi connectivity index (χ2n) is 4.01. The lowest BCUT2D eigenvalue weighted by Crippen LogP contribution is -2.12. The molecule has 0 saturated carbocycles. The number of thioether (sulfide) groups is 1. The monoisotopic (exact) mass is 417 g/mol. The van der Waals surface area contributed by atoms with Gasteiger partial charge in [0.05, 0.1) is 10.7 Å². The van der Waals surface area contributed by atoms with Gasteiger partial charge in [-0.25, -0.2) is 0 Å². The highest BCUT2D eigenvalue weighted by molar-refractivity contribution is 14.1. The van der Waals surface area contributed by atoms with Crippen LogP contribution in [0.1, 0.15) is 17.3 Å². The molecule has 1 N–H and O–H groups in total. The van der Waals surface area contributed by atoms with Crippen LogP contribution in [0.3, 0.4) is 0 Å². The van der Waals surface area contributed by atoms with Crippen LogP contribution in [0.5, 0.6) is 0 Å². The van der Waals surface area contributed by atoms with E-state index in [1.165, 1.54) is 0 Å². The Bertz CT molecular complexity index is 633. The minimum absolute atomic E-state index is 0.146. The van der Waals surface area contributed by atoms with Crippen LogP contribution in [0, 0.1) is 3.57 Å². The molecule has 0 bridgehead atoms. The topological polar surface area (TPSA) is 29.1 Å². The van der Waals surface area contributed by atoms with Gasteiger partial charge in [0.2, 0.25) is 0 Å².